The molecule has 0 radical (unpaired) electrons. The number of thiophene rings is 1. The number of thioether (sulfide) groups is 1. The Labute approximate surface area is 193 Å². The summed E-state index contributed by atoms with van der Waals surface area (Å²) < 4.78 is 12.9. The molecular weight excluding hydrogens is 450 g/mol. The number of hydrogen-bond acceptors (Lipinski definition) is 8. The van der Waals surface area contributed by atoms with Crippen LogP contribution in [0.5, 0.6) is 5.75 Å². The zero-order valence-electron chi connectivity index (χ0n) is 17.4. The number of carbonyl (C=O) groups is 2. The number of hydrogen-bond donors (Lipinski definition) is 2. The predicted octanol–water partition coefficient (Wildman–Crippen LogP) is 2.75. The fraction of sp³-hybridized carbons (Fsp3) is 0.333. The molecule has 1 aliphatic heterocycles. The molecule has 1 unspecified atom stereocenters. The molecule has 0 aliphatic carbocycles. The van der Waals surface area contributed by atoms with Crippen molar-refractivity contribution in [2.24, 2.45) is 0 Å². The number of amides is 2. The SMILES string of the molecule is COc1ccc(C(=O)NNC(=O)CSc2nnc(-c3cccs3)n2CC2CCCO2)cc1. The quantitative estimate of drug-likeness (QED) is 0.383. The van der Waals surface area contributed by atoms with Crippen molar-refractivity contribution in [2.45, 2.75) is 30.6 Å². The van der Waals surface area contributed by atoms with Crippen molar-refractivity contribution in [3.63, 3.8) is 0 Å². The van der Waals surface area contributed by atoms with Gasteiger partial charge in [0.2, 0.25) is 5.91 Å². The number of benzene rings is 1. The lowest BCUT2D eigenvalue weighted by molar-refractivity contribution is -0.119. The lowest BCUT2D eigenvalue weighted by Gasteiger charge is -2.14. The van der Waals surface area contributed by atoms with Crippen LogP contribution in [0, 0.1) is 0 Å². The van der Waals surface area contributed by atoms with E-state index < -0.39 is 5.91 Å². The zero-order chi connectivity index (χ0) is 22.3. The van der Waals surface area contributed by atoms with Crippen molar-refractivity contribution in [1.29, 1.82) is 0 Å². The zero-order valence-corrected chi connectivity index (χ0v) is 19.1. The van der Waals surface area contributed by atoms with Gasteiger partial charge >= 0.3 is 0 Å². The van der Waals surface area contributed by atoms with Crippen LogP contribution in [0.4, 0.5) is 0 Å². The van der Waals surface area contributed by atoms with Crippen LogP contribution in [0.2, 0.25) is 0 Å². The van der Waals surface area contributed by atoms with Gasteiger partial charge in [0.15, 0.2) is 11.0 Å². The van der Waals surface area contributed by atoms with Gasteiger partial charge in [-0.15, -0.1) is 21.5 Å². The lowest BCUT2D eigenvalue weighted by atomic mass is 10.2. The van der Waals surface area contributed by atoms with Crippen molar-refractivity contribution < 1.29 is 19.1 Å². The molecule has 0 saturated carbocycles. The highest BCUT2D eigenvalue weighted by atomic mass is 32.2. The fourth-order valence-electron chi connectivity index (χ4n) is 3.25. The van der Waals surface area contributed by atoms with E-state index in [0.717, 1.165) is 30.2 Å². The molecular formula is C21H23N5O4S2. The highest BCUT2D eigenvalue weighted by Gasteiger charge is 2.22. The maximum Gasteiger partial charge on any atom is 0.269 e. The van der Waals surface area contributed by atoms with Gasteiger partial charge in [0, 0.05) is 12.2 Å². The van der Waals surface area contributed by atoms with Gasteiger partial charge in [-0.2, -0.15) is 0 Å². The molecule has 2 aromatic heterocycles. The van der Waals surface area contributed by atoms with Crippen LogP contribution in [0.15, 0.2) is 46.9 Å². The average Bonchev–Trinajstić information content (AvgIpc) is 3.59. The average molecular weight is 474 g/mol. The first-order valence-corrected chi connectivity index (χ1v) is 12.0. The van der Waals surface area contributed by atoms with Crippen molar-refractivity contribution in [2.75, 3.05) is 19.5 Å². The summed E-state index contributed by atoms with van der Waals surface area (Å²) in [6.07, 6.45) is 2.14. The maximum atomic E-state index is 12.3. The van der Waals surface area contributed by atoms with Crippen molar-refractivity contribution in [1.82, 2.24) is 25.6 Å². The molecule has 168 valence electrons. The van der Waals surface area contributed by atoms with Crippen molar-refractivity contribution in [3.05, 3.63) is 47.3 Å². The third-order valence-corrected chi connectivity index (χ3v) is 6.70. The minimum atomic E-state index is -0.410. The van der Waals surface area contributed by atoms with Crippen LogP contribution in [0.3, 0.4) is 0 Å². The summed E-state index contributed by atoms with van der Waals surface area (Å²) in [6.45, 7) is 1.40. The molecule has 9 nitrogen and oxygen atoms in total. The second-order valence-corrected chi connectivity index (χ2v) is 8.94. The molecule has 3 heterocycles. The lowest BCUT2D eigenvalue weighted by Crippen LogP contribution is -2.42. The third kappa shape index (κ3) is 5.47. The van der Waals surface area contributed by atoms with E-state index in [9.17, 15) is 9.59 Å². The van der Waals surface area contributed by atoms with Gasteiger partial charge in [-0.25, -0.2) is 0 Å². The summed E-state index contributed by atoms with van der Waals surface area (Å²) in [5, 5.41) is 11.3. The molecule has 32 heavy (non-hydrogen) atoms. The summed E-state index contributed by atoms with van der Waals surface area (Å²) in [5.74, 6) is 0.743. The van der Waals surface area contributed by atoms with Crippen LogP contribution >= 0.6 is 23.1 Å². The molecule has 2 N–H and O–H groups in total. The number of carbonyl (C=O) groups excluding carboxylic acids is 2. The molecule has 1 aromatic carbocycles. The molecule has 1 saturated heterocycles. The maximum absolute atomic E-state index is 12.3. The third-order valence-electron chi connectivity index (χ3n) is 4.87. The Morgan fingerprint density at radius 1 is 1.25 bits per heavy atom. The van der Waals surface area contributed by atoms with E-state index in [1.54, 1.807) is 42.7 Å². The molecule has 4 rings (SSSR count). The van der Waals surface area contributed by atoms with Gasteiger partial charge in [-0.3, -0.25) is 25.0 Å². The number of methoxy groups -OCH3 is 1. The van der Waals surface area contributed by atoms with Crippen molar-refractivity contribution in [3.8, 4) is 16.5 Å². The minimum absolute atomic E-state index is 0.0803. The van der Waals surface area contributed by atoms with Crippen LogP contribution in [0.1, 0.15) is 23.2 Å². The Kier molecular flexibility index (Phi) is 7.40. The Hall–Kier alpha value is -2.89. The Bertz CT molecular complexity index is 1050. The molecule has 1 atom stereocenters. The minimum Gasteiger partial charge on any atom is -0.497 e. The molecule has 11 heteroatoms. The van der Waals surface area contributed by atoms with Crippen LogP contribution in [-0.2, 0) is 16.1 Å². The second-order valence-electron chi connectivity index (χ2n) is 7.05. The number of ether oxygens (including phenoxy) is 2. The number of nitrogens with zero attached hydrogens (tertiary/aromatic N) is 3. The second kappa shape index (κ2) is 10.6. The molecule has 0 bridgehead atoms. The smallest absolute Gasteiger partial charge is 0.269 e. The van der Waals surface area contributed by atoms with Crippen molar-refractivity contribution >= 4 is 34.9 Å². The van der Waals surface area contributed by atoms with E-state index in [1.807, 2.05) is 22.1 Å². The Morgan fingerprint density at radius 2 is 2.09 bits per heavy atom. The number of nitrogens with one attached hydrogen (secondary N) is 2. The molecule has 0 spiro atoms. The summed E-state index contributed by atoms with van der Waals surface area (Å²) in [5.41, 5.74) is 5.27. The first-order valence-electron chi connectivity index (χ1n) is 10.1. The number of aromatic nitrogens is 3. The van der Waals surface area contributed by atoms with E-state index in [0.29, 0.717) is 23.0 Å². The van der Waals surface area contributed by atoms with E-state index >= 15 is 0 Å². The van der Waals surface area contributed by atoms with Crippen LogP contribution in [-0.4, -0.2) is 52.2 Å². The van der Waals surface area contributed by atoms with Gasteiger partial charge in [-0.05, 0) is 48.6 Å². The van der Waals surface area contributed by atoms with E-state index in [-0.39, 0.29) is 17.8 Å². The first kappa shape index (κ1) is 22.3. The van der Waals surface area contributed by atoms with E-state index in [2.05, 4.69) is 21.0 Å². The van der Waals surface area contributed by atoms with Crippen LogP contribution in [0.25, 0.3) is 10.7 Å². The molecule has 3 aromatic rings. The first-order chi connectivity index (χ1) is 15.6. The number of rotatable bonds is 8. The van der Waals surface area contributed by atoms with Gasteiger partial charge in [0.05, 0.1) is 30.4 Å². The van der Waals surface area contributed by atoms with E-state index in [4.69, 9.17) is 9.47 Å². The summed E-state index contributed by atoms with van der Waals surface area (Å²) in [4.78, 5) is 25.5. The Balaban J connectivity index is 1.35. The molecule has 1 fully saturated rings. The number of hydrazine groups is 1. The predicted molar refractivity (Wildman–Crippen MR) is 122 cm³/mol. The summed E-state index contributed by atoms with van der Waals surface area (Å²) >= 11 is 2.86. The summed E-state index contributed by atoms with van der Waals surface area (Å²) in [7, 11) is 1.55. The topological polar surface area (TPSA) is 107 Å². The Morgan fingerprint density at radius 3 is 2.78 bits per heavy atom. The highest BCUT2D eigenvalue weighted by Crippen LogP contribution is 2.29. The normalized spacial score (nSPS) is 15.5. The highest BCUT2D eigenvalue weighted by molar-refractivity contribution is 7.99. The van der Waals surface area contributed by atoms with Gasteiger partial charge < -0.3 is 9.47 Å². The standard InChI is InChI=1S/C21H23N5O4S2/c1-29-15-8-6-14(7-9-15)20(28)24-22-18(27)13-32-21-25-23-19(17-5-3-11-31-17)26(21)12-16-4-2-10-30-16/h3,5-9,11,16H,2,4,10,12-13H2,1H3,(H,22,27)(H,24,28). The van der Waals surface area contributed by atoms with Gasteiger partial charge in [0.1, 0.15) is 5.75 Å². The molecule has 2 amide bonds. The largest absolute Gasteiger partial charge is 0.497 e. The monoisotopic (exact) mass is 473 g/mol. The summed E-state index contributed by atoms with van der Waals surface area (Å²) in [6, 6.07) is 10.6. The fourth-order valence-corrected chi connectivity index (χ4v) is 4.71. The van der Waals surface area contributed by atoms with Gasteiger partial charge in [0.25, 0.3) is 5.91 Å². The molecule has 1 aliphatic rings. The van der Waals surface area contributed by atoms with Crippen LogP contribution < -0.4 is 15.6 Å². The van der Waals surface area contributed by atoms with E-state index in [1.165, 1.54) is 11.8 Å². The van der Waals surface area contributed by atoms with Gasteiger partial charge in [-0.1, -0.05) is 17.8 Å².